The first-order valence-corrected chi connectivity index (χ1v) is 10.6. The summed E-state index contributed by atoms with van der Waals surface area (Å²) in [5, 5.41) is -10.1. The Kier molecular flexibility index (Phi) is 6.30. The van der Waals surface area contributed by atoms with Gasteiger partial charge < -0.3 is 9.47 Å². The number of epoxide rings is 2. The van der Waals surface area contributed by atoms with Crippen LogP contribution in [0, 0.1) is 0 Å². The molecule has 2 rings (SSSR count). The summed E-state index contributed by atoms with van der Waals surface area (Å²) in [5.74, 6) is -10.6. The minimum Gasteiger partial charge on any atom is -0.372 e. The number of hydrogen-bond donors (Lipinski definition) is 0. The number of allylic oxidation sites excluding steroid dienone is 1. The molecule has 0 aromatic heterocycles. The van der Waals surface area contributed by atoms with Gasteiger partial charge >= 0.3 is 17.2 Å². The molecule has 2 aliphatic rings. The molecule has 0 N–H and O–H groups in total. The maximum atomic E-state index is 14.0. The molecule has 0 spiro atoms. The van der Waals surface area contributed by atoms with E-state index in [2.05, 4.69) is 9.47 Å². The summed E-state index contributed by atoms with van der Waals surface area (Å²) in [5.41, 5.74) is 0. The molecular weight excluding hydrogens is 484 g/mol. The number of halogens is 8. The van der Waals surface area contributed by atoms with Gasteiger partial charge in [0.1, 0.15) is 0 Å². The van der Waals surface area contributed by atoms with Crippen LogP contribution in [0.25, 0.3) is 0 Å². The van der Waals surface area contributed by atoms with Crippen molar-refractivity contribution in [2.45, 2.75) is 29.4 Å². The van der Waals surface area contributed by atoms with E-state index in [4.69, 9.17) is 0 Å². The number of rotatable bonds is 10. The van der Waals surface area contributed by atoms with Gasteiger partial charge in [-0.05, 0) is 0 Å². The molecule has 176 valence electrons. The predicted molar refractivity (Wildman–Crippen MR) is 81.8 cm³/mol. The number of alkyl halides is 6. The molecule has 18 heteroatoms. The Morgan fingerprint density at radius 2 is 1.43 bits per heavy atom. The van der Waals surface area contributed by atoms with Crippen LogP contribution in [0.5, 0.6) is 0 Å². The lowest BCUT2D eigenvalue weighted by Gasteiger charge is -2.32. The van der Waals surface area contributed by atoms with E-state index < -0.39 is 77.9 Å². The van der Waals surface area contributed by atoms with Crippen molar-refractivity contribution >= 4 is 20.0 Å². The van der Waals surface area contributed by atoms with Crippen molar-refractivity contribution in [2.24, 2.45) is 0 Å². The molecule has 0 aromatic rings. The van der Waals surface area contributed by atoms with Gasteiger partial charge in [-0.2, -0.15) is 35.0 Å². The van der Waals surface area contributed by atoms with Crippen LogP contribution in [0.15, 0.2) is 11.0 Å². The number of sulfonamides is 2. The third kappa shape index (κ3) is 4.04. The van der Waals surface area contributed by atoms with Crippen molar-refractivity contribution in [2.75, 3.05) is 33.9 Å². The fourth-order valence-corrected chi connectivity index (χ4v) is 4.19. The van der Waals surface area contributed by atoms with Gasteiger partial charge in [-0.3, -0.25) is 0 Å². The Morgan fingerprint density at radius 3 is 1.83 bits per heavy atom. The van der Waals surface area contributed by atoms with E-state index >= 15 is 0 Å². The maximum Gasteiger partial charge on any atom is 0.427 e. The van der Waals surface area contributed by atoms with Gasteiger partial charge in [-0.25, -0.2) is 21.2 Å². The van der Waals surface area contributed by atoms with Crippen LogP contribution in [0.1, 0.15) is 0 Å². The lowest BCUT2D eigenvalue weighted by atomic mass is 10.3. The number of hydrogen-bond acceptors (Lipinski definition) is 6. The zero-order chi connectivity index (χ0) is 23.5. The molecule has 2 saturated heterocycles. The van der Waals surface area contributed by atoms with Crippen molar-refractivity contribution < 1.29 is 61.4 Å². The van der Waals surface area contributed by atoms with Crippen LogP contribution in [-0.4, -0.2) is 88.7 Å². The van der Waals surface area contributed by atoms with Crippen LogP contribution in [0.2, 0.25) is 0 Å². The quantitative estimate of drug-likeness (QED) is 0.255. The second-order valence-corrected chi connectivity index (χ2v) is 10.2. The molecule has 2 aliphatic heterocycles. The van der Waals surface area contributed by atoms with Crippen LogP contribution < -0.4 is 0 Å². The molecular formula is C12H14F8N2O6S2. The molecule has 2 atom stereocenters. The zero-order valence-electron chi connectivity index (χ0n) is 15.0. The van der Waals surface area contributed by atoms with Gasteiger partial charge in [-0.15, -0.1) is 4.31 Å². The Balaban J connectivity index is 2.44. The monoisotopic (exact) mass is 498 g/mol. The van der Waals surface area contributed by atoms with E-state index in [1.54, 1.807) is 0 Å². The Hall–Kier alpha value is -1.08. The van der Waals surface area contributed by atoms with Gasteiger partial charge in [0, 0.05) is 20.6 Å². The van der Waals surface area contributed by atoms with Crippen molar-refractivity contribution in [3.63, 3.8) is 0 Å². The SMILES string of the molecule is CN(CC1CO1)S(=O)(=O)C(F)=C(F)C(F)(F)C(F)(F)S(=O)(=O)N(C)C(F)(F)C1CO1. The summed E-state index contributed by atoms with van der Waals surface area (Å²) >= 11 is 0. The Morgan fingerprint density at radius 1 is 0.967 bits per heavy atom. The molecule has 2 heterocycles. The topological polar surface area (TPSA) is 99.8 Å². The summed E-state index contributed by atoms with van der Waals surface area (Å²) in [6.45, 7) is -1.43. The summed E-state index contributed by atoms with van der Waals surface area (Å²) in [4.78, 5) is 0. The van der Waals surface area contributed by atoms with Crippen molar-refractivity contribution in [3.05, 3.63) is 11.0 Å². The second-order valence-electron chi connectivity index (χ2n) is 6.30. The summed E-state index contributed by atoms with van der Waals surface area (Å²) < 4.78 is 165. The molecule has 2 fully saturated rings. The first kappa shape index (κ1) is 25.2. The Bertz CT molecular complexity index is 930. The van der Waals surface area contributed by atoms with Crippen molar-refractivity contribution in [1.29, 1.82) is 0 Å². The molecule has 0 aromatic carbocycles. The van der Waals surface area contributed by atoms with Crippen LogP contribution in [0.4, 0.5) is 35.1 Å². The highest BCUT2D eigenvalue weighted by molar-refractivity contribution is 7.92. The smallest absolute Gasteiger partial charge is 0.372 e. The van der Waals surface area contributed by atoms with Crippen LogP contribution in [0.3, 0.4) is 0 Å². The molecule has 2 unspecified atom stereocenters. The summed E-state index contributed by atoms with van der Waals surface area (Å²) in [6, 6.07) is -4.73. The van der Waals surface area contributed by atoms with E-state index in [1.165, 1.54) is 0 Å². The molecule has 8 nitrogen and oxygen atoms in total. The number of ether oxygens (including phenoxy) is 2. The summed E-state index contributed by atoms with van der Waals surface area (Å²) in [7, 11) is -12.4. The summed E-state index contributed by atoms with van der Waals surface area (Å²) in [6.07, 6.45) is -3.00. The molecule has 0 radical (unpaired) electrons. The molecule has 0 aliphatic carbocycles. The van der Waals surface area contributed by atoms with E-state index in [0.717, 1.165) is 0 Å². The van der Waals surface area contributed by atoms with Gasteiger partial charge in [0.05, 0.1) is 19.3 Å². The minimum atomic E-state index is -7.06. The fraction of sp³-hybridized carbons (Fsp3) is 0.833. The lowest BCUT2D eigenvalue weighted by molar-refractivity contribution is -0.156. The van der Waals surface area contributed by atoms with Crippen LogP contribution >= 0.6 is 0 Å². The third-order valence-corrected chi connectivity index (χ3v) is 7.61. The average Bonchev–Trinajstić information content (AvgIpc) is 3.51. The number of nitrogens with zero attached hydrogens (tertiary/aromatic N) is 2. The molecule has 0 saturated carbocycles. The highest BCUT2D eigenvalue weighted by Crippen LogP contribution is 2.49. The van der Waals surface area contributed by atoms with E-state index in [-0.39, 0.29) is 18.0 Å². The Labute approximate surface area is 165 Å². The highest BCUT2D eigenvalue weighted by atomic mass is 32.2. The van der Waals surface area contributed by atoms with E-state index in [0.29, 0.717) is 7.05 Å². The predicted octanol–water partition coefficient (Wildman–Crippen LogP) is 1.24. The van der Waals surface area contributed by atoms with E-state index in [1.807, 2.05) is 0 Å². The first-order chi connectivity index (χ1) is 13.3. The average molecular weight is 498 g/mol. The van der Waals surface area contributed by atoms with E-state index in [9.17, 15) is 52.0 Å². The third-order valence-electron chi connectivity index (χ3n) is 4.14. The van der Waals surface area contributed by atoms with Gasteiger partial charge in [0.15, 0.2) is 6.10 Å². The van der Waals surface area contributed by atoms with Gasteiger partial charge in [0.2, 0.25) is 5.83 Å². The first-order valence-electron chi connectivity index (χ1n) is 7.70. The van der Waals surface area contributed by atoms with Gasteiger partial charge in [0.25, 0.3) is 25.2 Å². The maximum absolute atomic E-state index is 14.0. The molecule has 30 heavy (non-hydrogen) atoms. The second kappa shape index (κ2) is 7.51. The zero-order valence-corrected chi connectivity index (χ0v) is 16.6. The normalized spacial score (nSPS) is 24.3. The van der Waals surface area contributed by atoms with Crippen molar-refractivity contribution in [1.82, 2.24) is 8.61 Å². The lowest BCUT2D eigenvalue weighted by Crippen LogP contribution is -2.58. The number of likely N-dealkylation sites (N-methyl/N-ethyl adjacent to an activating group) is 2. The van der Waals surface area contributed by atoms with Gasteiger partial charge in [-0.1, -0.05) is 0 Å². The minimum absolute atomic E-state index is 0.00536. The van der Waals surface area contributed by atoms with Crippen LogP contribution in [-0.2, 0) is 29.5 Å². The van der Waals surface area contributed by atoms with Crippen molar-refractivity contribution in [3.8, 4) is 0 Å². The highest BCUT2D eigenvalue weighted by Gasteiger charge is 2.73. The standard InChI is InChI=1S/C12H14F8N2O6S2/c1-21(3-6-4-27-6)29(23,24)9(14)8(13)10(15,16)12(19,20)30(25,26)22(2)11(17,18)7-5-28-7/h6-7H,3-5H2,1-2H3. The largest absolute Gasteiger partial charge is 0.427 e. The molecule has 0 amide bonds. The molecule has 0 bridgehead atoms. The fourth-order valence-electron chi connectivity index (χ4n) is 2.01.